The molecule has 1 heterocycles. The molecule has 10 heteroatoms. The zero-order valence-corrected chi connectivity index (χ0v) is 25.3. The quantitative estimate of drug-likeness (QED) is 0.239. The number of aliphatic hydroxyl groups excluding tert-OH is 1. The predicted molar refractivity (Wildman–Crippen MR) is 169 cm³/mol. The van der Waals surface area contributed by atoms with Crippen molar-refractivity contribution in [2.75, 3.05) is 29.6 Å². The van der Waals surface area contributed by atoms with E-state index in [2.05, 4.69) is 21.3 Å². The van der Waals surface area contributed by atoms with Crippen molar-refractivity contribution in [2.24, 2.45) is 0 Å². The van der Waals surface area contributed by atoms with Gasteiger partial charge < -0.3 is 31.3 Å². The highest BCUT2D eigenvalue weighted by Gasteiger charge is 2.33. The van der Waals surface area contributed by atoms with E-state index >= 15 is 0 Å². The summed E-state index contributed by atoms with van der Waals surface area (Å²) in [6.07, 6.45) is -0.360. The van der Waals surface area contributed by atoms with Gasteiger partial charge in [0.05, 0.1) is 24.0 Å². The molecule has 0 saturated heterocycles. The minimum absolute atomic E-state index is 0.166. The molecule has 4 amide bonds. The Labute approximate surface area is 251 Å². The van der Waals surface area contributed by atoms with Gasteiger partial charge in [0.2, 0.25) is 5.91 Å². The van der Waals surface area contributed by atoms with Crippen molar-refractivity contribution in [1.82, 2.24) is 16.0 Å². The lowest BCUT2D eigenvalue weighted by Crippen LogP contribution is -2.52. The van der Waals surface area contributed by atoms with E-state index in [1.165, 1.54) is 0 Å². The lowest BCUT2D eigenvalue weighted by Gasteiger charge is -2.29. The fourth-order valence-corrected chi connectivity index (χ4v) is 5.83. The number of benzene rings is 3. The fraction of sp³-hybridized carbons (Fsp3) is 0.344. The van der Waals surface area contributed by atoms with Crippen LogP contribution in [0.5, 0.6) is 0 Å². The maximum absolute atomic E-state index is 13.9. The maximum atomic E-state index is 13.9. The number of para-hydroxylation sites is 2. The van der Waals surface area contributed by atoms with Crippen molar-refractivity contribution >= 4 is 41.0 Å². The zero-order chi connectivity index (χ0) is 30.3. The van der Waals surface area contributed by atoms with E-state index in [-0.39, 0.29) is 24.3 Å². The van der Waals surface area contributed by atoms with Gasteiger partial charge in [-0.1, -0.05) is 54.6 Å². The number of hydrogen-bond acceptors (Lipinski definition) is 6. The number of aliphatic hydroxyl groups is 1. The summed E-state index contributed by atoms with van der Waals surface area (Å²) in [5.74, 6) is 0.0318. The number of rotatable bonds is 10. The first kappa shape index (κ1) is 31.1. The highest BCUT2D eigenvalue weighted by molar-refractivity contribution is 7.99. The minimum atomic E-state index is -0.690. The van der Waals surface area contributed by atoms with E-state index < -0.39 is 17.7 Å². The molecule has 222 valence electrons. The van der Waals surface area contributed by atoms with Crippen molar-refractivity contribution in [3.8, 4) is 11.1 Å². The van der Waals surface area contributed by atoms with Gasteiger partial charge in [0.15, 0.2) is 0 Å². The third-order valence-electron chi connectivity index (χ3n) is 6.95. The molecule has 0 aliphatic carbocycles. The molecule has 0 aromatic heterocycles. The largest absolute Gasteiger partial charge is 0.392 e. The van der Waals surface area contributed by atoms with Crippen molar-refractivity contribution < 1.29 is 19.5 Å². The van der Waals surface area contributed by atoms with Crippen LogP contribution in [0.2, 0.25) is 0 Å². The number of anilines is 2. The third kappa shape index (κ3) is 8.12. The van der Waals surface area contributed by atoms with Crippen molar-refractivity contribution in [3.63, 3.8) is 0 Å². The van der Waals surface area contributed by atoms with Gasteiger partial charge in [0, 0.05) is 41.8 Å². The normalized spacial score (nSPS) is 15.8. The summed E-state index contributed by atoms with van der Waals surface area (Å²) in [6, 6.07) is 22.3. The molecule has 1 aliphatic heterocycles. The minimum Gasteiger partial charge on any atom is -0.392 e. The summed E-state index contributed by atoms with van der Waals surface area (Å²) in [7, 11) is 1.57. The van der Waals surface area contributed by atoms with E-state index in [0.717, 1.165) is 27.3 Å². The van der Waals surface area contributed by atoms with Crippen LogP contribution >= 0.6 is 11.8 Å². The highest BCUT2D eigenvalue weighted by atomic mass is 32.2. The first-order chi connectivity index (χ1) is 20.1. The molecule has 4 rings (SSSR count). The number of nitrogens with zero attached hydrogens (tertiary/aromatic N) is 1. The molecule has 0 bridgehead atoms. The molecular formula is C32H39N5O4S. The summed E-state index contributed by atoms with van der Waals surface area (Å²) >= 11 is 1.55. The molecule has 42 heavy (non-hydrogen) atoms. The smallest absolute Gasteiger partial charge is 0.318 e. The van der Waals surface area contributed by atoms with E-state index in [1.54, 1.807) is 30.6 Å². The zero-order valence-electron chi connectivity index (χ0n) is 24.4. The Morgan fingerprint density at radius 2 is 1.74 bits per heavy atom. The van der Waals surface area contributed by atoms with Gasteiger partial charge in [-0.15, -0.1) is 11.8 Å². The molecule has 1 aliphatic rings. The number of hydrogen-bond donors (Lipinski definition) is 5. The van der Waals surface area contributed by atoms with Crippen LogP contribution in [0.15, 0.2) is 77.7 Å². The molecule has 3 aromatic rings. The topological polar surface area (TPSA) is 123 Å². The second-order valence-corrected chi connectivity index (χ2v) is 12.1. The molecule has 3 aromatic carbocycles. The number of amides is 4. The van der Waals surface area contributed by atoms with Crippen LogP contribution in [0, 0.1) is 0 Å². The van der Waals surface area contributed by atoms with Crippen molar-refractivity contribution in [1.29, 1.82) is 0 Å². The SMILES string of the molecule is CNC(=O)Nc1ccccc1-c1ccc(CN2C(=O)[C@H](NC(=O)CC(C)(C)NC[C@H](C)O)CSc3ccccc32)cc1. The molecule has 0 unspecified atom stereocenters. The van der Waals surface area contributed by atoms with Crippen LogP contribution in [0.3, 0.4) is 0 Å². The molecule has 0 radical (unpaired) electrons. The van der Waals surface area contributed by atoms with Gasteiger partial charge >= 0.3 is 6.03 Å². The lowest BCUT2D eigenvalue weighted by molar-refractivity contribution is -0.127. The Bertz CT molecular complexity index is 1410. The summed E-state index contributed by atoms with van der Waals surface area (Å²) in [4.78, 5) is 41.6. The van der Waals surface area contributed by atoms with Crippen LogP contribution in [0.4, 0.5) is 16.2 Å². The van der Waals surface area contributed by atoms with E-state index in [9.17, 15) is 19.5 Å². The number of carbonyl (C=O) groups excluding carboxylic acids is 3. The average molecular weight is 590 g/mol. The number of fused-ring (bicyclic) bond motifs is 1. The average Bonchev–Trinajstić information content (AvgIpc) is 3.09. The van der Waals surface area contributed by atoms with Gasteiger partial charge in [-0.05, 0) is 50.1 Å². The van der Waals surface area contributed by atoms with Crippen LogP contribution in [0.1, 0.15) is 32.8 Å². The Morgan fingerprint density at radius 3 is 2.45 bits per heavy atom. The molecular weight excluding hydrogens is 550 g/mol. The van der Waals surface area contributed by atoms with E-state index in [4.69, 9.17) is 0 Å². The Hall–Kier alpha value is -3.86. The summed E-state index contributed by atoms with van der Waals surface area (Å²) in [6.45, 7) is 6.20. The van der Waals surface area contributed by atoms with Crippen LogP contribution < -0.4 is 26.2 Å². The van der Waals surface area contributed by atoms with E-state index in [0.29, 0.717) is 24.5 Å². The number of nitrogens with one attached hydrogen (secondary N) is 4. The number of urea groups is 1. The standard InChI is InChI=1S/C32H39N5O4S/c1-21(38)18-34-32(2,3)17-29(39)35-26-20-42-28-12-8-7-11-27(28)37(30(26)40)19-22-13-15-23(16-14-22)24-9-5-6-10-25(24)36-31(41)33-4/h5-16,21,26,34,38H,17-20H2,1-4H3,(H,35,39)(H2,33,36,41)/t21-,26+/m0/s1. The molecule has 2 atom stereocenters. The second kappa shape index (κ2) is 13.9. The molecule has 0 spiro atoms. The monoisotopic (exact) mass is 589 g/mol. The maximum Gasteiger partial charge on any atom is 0.318 e. The Kier molecular flexibility index (Phi) is 10.3. The molecule has 9 nitrogen and oxygen atoms in total. The first-order valence-corrected chi connectivity index (χ1v) is 15.0. The van der Waals surface area contributed by atoms with Crippen LogP contribution in [0.25, 0.3) is 11.1 Å². The van der Waals surface area contributed by atoms with Crippen molar-refractivity contribution in [2.45, 2.75) is 56.3 Å². The Balaban J connectivity index is 1.52. The number of thioether (sulfide) groups is 1. The lowest BCUT2D eigenvalue weighted by atomic mass is 9.99. The number of β-amino-alcohol motifs (C(OH)–C–C–N with tert-alkyl or cyclic N) is 1. The van der Waals surface area contributed by atoms with Crippen LogP contribution in [-0.4, -0.2) is 60.0 Å². The fourth-order valence-electron chi connectivity index (χ4n) is 4.75. The van der Waals surface area contributed by atoms with Gasteiger partial charge in [-0.3, -0.25) is 9.59 Å². The summed E-state index contributed by atoms with van der Waals surface area (Å²) in [5.41, 5.74) is 3.71. The Morgan fingerprint density at radius 1 is 1.05 bits per heavy atom. The second-order valence-electron chi connectivity index (χ2n) is 11.1. The van der Waals surface area contributed by atoms with Gasteiger partial charge in [-0.2, -0.15) is 0 Å². The van der Waals surface area contributed by atoms with Gasteiger partial charge in [0.25, 0.3) is 5.91 Å². The van der Waals surface area contributed by atoms with Gasteiger partial charge in [0.1, 0.15) is 6.04 Å². The predicted octanol–water partition coefficient (Wildman–Crippen LogP) is 4.37. The molecule has 5 N–H and O–H groups in total. The highest BCUT2D eigenvalue weighted by Crippen LogP contribution is 2.35. The van der Waals surface area contributed by atoms with Gasteiger partial charge in [-0.25, -0.2) is 4.79 Å². The molecule has 0 saturated carbocycles. The van der Waals surface area contributed by atoms with E-state index in [1.807, 2.05) is 86.6 Å². The first-order valence-electron chi connectivity index (χ1n) is 14.0. The summed E-state index contributed by atoms with van der Waals surface area (Å²) < 4.78 is 0. The summed E-state index contributed by atoms with van der Waals surface area (Å²) in [5, 5.41) is 21.2. The van der Waals surface area contributed by atoms with Crippen molar-refractivity contribution in [3.05, 3.63) is 78.4 Å². The number of carbonyl (C=O) groups is 3. The third-order valence-corrected chi connectivity index (χ3v) is 8.10. The molecule has 0 fully saturated rings. The van der Waals surface area contributed by atoms with Crippen LogP contribution in [-0.2, 0) is 16.1 Å².